The number of aromatic nitrogens is 1. The number of carbonyl (C=O) groups excluding carboxylic acids is 1. The van der Waals surface area contributed by atoms with Crippen LogP contribution in [0.5, 0.6) is 0 Å². The number of rotatable bonds is 1. The number of amides is 1. The van der Waals surface area contributed by atoms with E-state index in [9.17, 15) is 9.18 Å². The Bertz CT molecular complexity index is 436. The molecule has 2 heterocycles. The Hall–Kier alpha value is -1.65. The summed E-state index contributed by atoms with van der Waals surface area (Å²) < 4.78 is 13.7. The number of hydrogen-bond donors (Lipinski definition) is 1. The molecule has 92 valence electrons. The Balaban J connectivity index is 2.22. The van der Waals surface area contributed by atoms with Crippen LogP contribution in [-0.4, -0.2) is 28.9 Å². The quantitative estimate of drug-likeness (QED) is 0.808. The van der Waals surface area contributed by atoms with E-state index in [0.717, 1.165) is 12.8 Å². The lowest BCUT2D eigenvalue weighted by molar-refractivity contribution is 0.0678. The van der Waals surface area contributed by atoms with Gasteiger partial charge in [-0.15, -0.1) is 0 Å². The van der Waals surface area contributed by atoms with Crippen LogP contribution in [-0.2, 0) is 0 Å². The molecule has 0 bridgehead atoms. The van der Waals surface area contributed by atoms with E-state index in [2.05, 4.69) is 11.9 Å². The topological polar surface area (TPSA) is 59.2 Å². The summed E-state index contributed by atoms with van der Waals surface area (Å²) in [4.78, 5) is 17.4. The molecule has 2 N–H and O–H groups in total. The van der Waals surface area contributed by atoms with Gasteiger partial charge in [0.25, 0.3) is 5.91 Å². The maximum absolute atomic E-state index is 13.7. The first-order valence-electron chi connectivity index (χ1n) is 5.79. The van der Waals surface area contributed by atoms with Gasteiger partial charge in [0.15, 0.2) is 11.6 Å². The highest BCUT2D eigenvalue weighted by atomic mass is 19.1. The smallest absolute Gasteiger partial charge is 0.257 e. The molecule has 1 unspecified atom stereocenters. The number of anilines is 1. The van der Waals surface area contributed by atoms with Gasteiger partial charge in [-0.2, -0.15) is 0 Å². The number of hydrogen-bond acceptors (Lipinski definition) is 3. The Labute approximate surface area is 99.6 Å². The molecule has 0 radical (unpaired) electrons. The second-order valence-electron chi connectivity index (χ2n) is 4.56. The third-order valence-corrected chi connectivity index (χ3v) is 3.09. The van der Waals surface area contributed by atoms with Gasteiger partial charge in [0, 0.05) is 19.3 Å². The lowest BCUT2D eigenvalue weighted by Gasteiger charge is -2.31. The van der Waals surface area contributed by atoms with Gasteiger partial charge in [0.2, 0.25) is 0 Å². The molecule has 1 fully saturated rings. The first kappa shape index (κ1) is 11.8. The molecule has 2 rings (SSSR count). The summed E-state index contributed by atoms with van der Waals surface area (Å²) >= 11 is 0. The molecule has 1 aromatic rings. The van der Waals surface area contributed by atoms with E-state index in [1.807, 2.05) is 0 Å². The molecule has 1 aliphatic rings. The van der Waals surface area contributed by atoms with Crippen molar-refractivity contribution in [1.82, 2.24) is 9.88 Å². The molecule has 4 nitrogen and oxygen atoms in total. The fraction of sp³-hybridized carbons (Fsp3) is 0.500. The van der Waals surface area contributed by atoms with Crippen LogP contribution < -0.4 is 5.73 Å². The maximum Gasteiger partial charge on any atom is 0.257 e. The molecule has 5 heteroatoms. The third-order valence-electron chi connectivity index (χ3n) is 3.09. The highest BCUT2D eigenvalue weighted by molar-refractivity contribution is 5.95. The SMILES string of the molecule is CC1CCCN(C(=O)c2ccnc(N)c2F)C1. The summed E-state index contributed by atoms with van der Waals surface area (Å²) in [5.41, 5.74) is 5.38. The summed E-state index contributed by atoms with van der Waals surface area (Å²) in [5.74, 6) is -0.755. The number of pyridine rings is 1. The number of piperidine rings is 1. The second kappa shape index (κ2) is 4.69. The molecule has 1 aliphatic heterocycles. The number of halogens is 1. The Morgan fingerprint density at radius 2 is 2.41 bits per heavy atom. The van der Waals surface area contributed by atoms with Crippen molar-refractivity contribution in [2.24, 2.45) is 5.92 Å². The average Bonchev–Trinajstić information content (AvgIpc) is 2.32. The van der Waals surface area contributed by atoms with Crippen molar-refractivity contribution >= 4 is 11.7 Å². The van der Waals surface area contributed by atoms with E-state index in [1.54, 1.807) is 4.90 Å². The van der Waals surface area contributed by atoms with Crippen LogP contribution >= 0.6 is 0 Å². The lowest BCUT2D eigenvalue weighted by atomic mass is 9.99. The van der Waals surface area contributed by atoms with Crippen molar-refractivity contribution < 1.29 is 9.18 Å². The molecule has 1 aromatic heterocycles. The molecule has 0 spiro atoms. The summed E-state index contributed by atoms with van der Waals surface area (Å²) in [7, 11) is 0. The summed E-state index contributed by atoms with van der Waals surface area (Å²) in [6.07, 6.45) is 3.44. The van der Waals surface area contributed by atoms with Crippen molar-refractivity contribution in [2.75, 3.05) is 18.8 Å². The number of carbonyl (C=O) groups is 1. The largest absolute Gasteiger partial charge is 0.381 e. The zero-order chi connectivity index (χ0) is 12.4. The zero-order valence-electron chi connectivity index (χ0n) is 9.82. The standard InChI is InChI=1S/C12H16FN3O/c1-8-3-2-6-16(7-8)12(17)9-4-5-15-11(14)10(9)13/h4-5,8H,2-3,6-7H2,1H3,(H2,14,15). The molecule has 0 saturated carbocycles. The molecular weight excluding hydrogens is 221 g/mol. The van der Waals surface area contributed by atoms with Gasteiger partial charge in [0.05, 0.1) is 5.56 Å². The molecular formula is C12H16FN3O. The first-order chi connectivity index (χ1) is 8.09. The van der Waals surface area contributed by atoms with Crippen LogP contribution in [0.15, 0.2) is 12.3 Å². The van der Waals surface area contributed by atoms with Gasteiger partial charge in [-0.25, -0.2) is 9.37 Å². The van der Waals surface area contributed by atoms with E-state index in [0.29, 0.717) is 19.0 Å². The van der Waals surface area contributed by atoms with Crippen LogP contribution in [0.2, 0.25) is 0 Å². The molecule has 1 amide bonds. The summed E-state index contributed by atoms with van der Waals surface area (Å²) in [6.45, 7) is 3.46. The highest BCUT2D eigenvalue weighted by Crippen LogP contribution is 2.20. The third kappa shape index (κ3) is 2.38. The average molecular weight is 237 g/mol. The van der Waals surface area contributed by atoms with E-state index < -0.39 is 5.82 Å². The summed E-state index contributed by atoms with van der Waals surface area (Å²) in [6, 6.07) is 1.38. The van der Waals surface area contributed by atoms with Crippen molar-refractivity contribution in [1.29, 1.82) is 0 Å². The molecule has 1 saturated heterocycles. The van der Waals surface area contributed by atoms with Crippen LogP contribution in [0.25, 0.3) is 0 Å². The summed E-state index contributed by atoms with van der Waals surface area (Å²) in [5, 5.41) is 0. The number of likely N-dealkylation sites (tertiary alicyclic amines) is 1. The van der Waals surface area contributed by atoms with Gasteiger partial charge >= 0.3 is 0 Å². The van der Waals surface area contributed by atoms with Crippen molar-refractivity contribution in [3.05, 3.63) is 23.6 Å². The van der Waals surface area contributed by atoms with Gasteiger partial charge in [0.1, 0.15) is 0 Å². The normalized spacial score (nSPS) is 20.4. The minimum Gasteiger partial charge on any atom is -0.381 e. The fourth-order valence-electron chi connectivity index (χ4n) is 2.17. The highest BCUT2D eigenvalue weighted by Gasteiger charge is 2.24. The van der Waals surface area contributed by atoms with Gasteiger partial charge < -0.3 is 10.6 Å². The maximum atomic E-state index is 13.7. The molecule has 0 aromatic carbocycles. The second-order valence-corrected chi connectivity index (χ2v) is 4.56. The van der Waals surface area contributed by atoms with Crippen LogP contribution in [0, 0.1) is 11.7 Å². The van der Waals surface area contributed by atoms with Crippen molar-refractivity contribution in [3.8, 4) is 0 Å². The Morgan fingerprint density at radius 3 is 3.12 bits per heavy atom. The Morgan fingerprint density at radius 1 is 1.65 bits per heavy atom. The fourth-order valence-corrected chi connectivity index (χ4v) is 2.17. The van der Waals surface area contributed by atoms with Crippen LogP contribution in [0.3, 0.4) is 0 Å². The van der Waals surface area contributed by atoms with Gasteiger partial charge in [-0.05, 0) is 24.8 Å². The predicted octanol–water partition coefficient (Wildman–Crippen LogP) is 1.67. The minimum absolute atomic E-state index is 0.0200. The van der Waals surface area contributed by atoms with E-state index in [1.165, 1.54) is 12.3 Å². The first-order valence-corrected chi connectivity index (χ1v) is 5.79. The van der Waals surface area contributed by atoms with E-state index >= 15 is 0 Å². The number of nitrogen functional groups attached to an aromatic ring is 1. The molecule has 1 atom stereocenters. The minimum atomic E-state index is -0.712. The number of nitrogens with zero attached hydrogens (tertiary/aromatic N) is 2. The Kier molecular flexibility index (Phi) is 3.26. The van der Waals surface area contributed by atoms with Gasteiger partial charge in [-0.3, -0.25) is 4.79 Å². The monoisotopic (exact) mass is 237 g/mol. The van der Waals surface area contributed by atoms with Crippen molar-refractivity contribution in [2.45, 2.75) is 19.8 Å². The van der Waals surface area contributed by atoms with Gasteiger partial charge in [-0.1, -0.05) is 6.92 Å². The number of nitrogens with two attached hydrogens (primary N) is 1. The van der Waals surface area contributed by atoms with E-state index in [-0.39, 0.29) is 17.3 Å². The predicted molar refractivity (Wildman–Crippen MR) is 62.9 cm³/mol. The van der Waals surface area contributed by atoms with Crippen LogP contribution in [0.4, 0.5) is 10.2 Å². The lowest BCUT2D eigenvalue weighted by Crippen LogP contribution is -2.39. The zero-order valence-corrected chi connectivity index (χ0v) is 9.82. The van der Waals surface area contributed by atoms with Crippen LogP contribution in [0.1, 0.15) is 30.1 Å². The van der Waals surface area contributed by atoms with E-state index in [4.69, 9.17) is 5.73 Å². The van der Waals surface area contributed by atoms with Crippen molar-refractivity contribution in [3.63, 3.8) is 0 Å². The molecule has 17 heavy (non-hydrogen) atoms. The molecule has 0 aliphatic carbocycles.